The molecule has 4 nitrogen and oxygen atoms in total. The van der Waals surface area contributed by atoms with Gasteiger partial charge >= 0.3 is 5.97 Å². The first-order valence-electron chi connectivity index (χ1n) is 6.38. The predicted octanol–water partition coefficient (Wildman–Crippen LogP) is 3.12. The van der Waals surface area contributed by atoms with Gasteiger partial charge in [-0.2, -0.15) is 0 Å². The molecule has 20 heavy (non-hydrogen) atoms. The van der Waals surface area contributed by atoms with Gasteiger partial charge in [-0.15, -0.1) is 0 Å². The fourth-order valence-electron chi connectivity index (χ4n) is 1.72. The van der Waals surface area contributed by atoms with Crippen LogP contribution >= 0.6 is 23.2 Å². The minimum Gasteiger partial charge on any atom is -0.455 e. The van der Waals surface area contributed by atoms with Crippen LogP contribution in [0, 0.1) is 5.92 Å². The van der Waals surface area contributed by atoms with Crippen molar-refractivity contribution in [2.24, 2.45) is 5.92 Å². The van der Waals surface area contributed by atoms with Crippen LogP contribution in [-0.2, 0) is 14.3 Å². The molecule has 1 amide bonds. The normalized spacial score (nSPS) is 15.6. The summed E-state index contributed by atoms with van der Waals surface area (Å²) in [7, 11) is 0. The Morgan fingerprint density at radius 1 is 1.35 bits per heavy atom. The van der Waals surface area contributed by atoms with Crippen molar-refractivity contribution >= 4 is 35.1 Å². The van der Waals surface area contributed by atoms with Gasteiger partial charge in [0.15, 0.2) is 6.61 Å². The van der Waals surface area contributed by atoms with Gasteiger partial charge < -0.3 is 10.1 Å². The SMILES string of the molecule is CC(NC(=O)COC(=O)C1CC1)c1ccc(Cl)c(Cl)c1. The Morgan fingerprint density at radius 3 is 2.65 bits per heavy atom. The fourth-order valence-corrected chi connectivity index (χ4v) is 2.03. The van der Waals surface area contributed by atoms with Crippen molar-refractivity contribution in [1.82, 2.24) is 5.32 Å². The summed E-state index contributed by atoms with van der Waals surface area (Å²) < 4.78 is 4.91. The van der Waals surface area contributed by atoms with Crippen molar-refractivity contribution in [3.8, 4) is 0 Å². The van der Waals surface area contributed by atoms with Gasteiger partial charge in [0.25, 0.3) is 5.91 Å². The van der Waals surface area contributed by atoms with E-state index in [1.54, 1.807) is 18.2 Å². The molecule has 0 saturated heterocycles. The standard InChI is InChI=1S/C14H15Cl2NO3/c1-8(10-4-5-11(15)12(16)6-10)17-13(18)7-20-14(19)9-2-3-9/h4-6,8-9H,2-3,7H2,1H3,(H,17,18). The number of ether oxygens (including phenoxy) is 1. The summed E-state index contributed by atoms with van der Waals surface area (Å²) in [5.74, 6) is -0.629. The molecule has 1 aliphatic rings. The number of halogens is 2. The minimum atomic E-state index is -0.336. The second-order valence-corrected chi connectivity index (χ2v) is 5.66. The number of benzene rings is 1. The quantitative estimate of drug-likeness (QED) is 0.849. The lowest BCUT2D eigenvalue weighted by Gasteiger charge is -2.15. The zero-order valence-corrected chi connectivity index (χ0v) is 12.5. The topological polar surface area (TPSA) is 55.4 Å². The number of nitrogens with one attached hydrogen (secondary N) is 1. The molecule has 0 spiro atoms. The Morgan fingerprint density at radius 2 is 2.05 bits per heavy atom. The van der Waals surface area contributed by atoms with Gasteiger partial charge in [0.1, 0.15) is 0 Å². The lowest BCUT2D eigenvalue weighted by atomic mass is 10.1. The molecule has 0 radical (unpaired) electrons. The molecule has 2 rings (SSSR count). The monoisotopic (exact) mass is 315 g/mol. The van der Waals surface area contributed by atoms with Gasteiger partial charge in [0.05, 0.1) is 22.0 Å². The first-order chi connectivity index (χ1) is 9.47. The van der Waals surface area contributed by atoms with Gasteiger partial charge in [-0.05, 0) is 37.5 Å². The lowest BCUT2D eigenvalue weighted by Crippen LogP contribution is -2.31. The van der Waals surface area contributed by atoms with E-state index in [1.165, 1.54) is 0 Å². The van der Waals surface area contributed by atoms with Crippen molar-refractivity contribution in [2.45, 2.75) is 25.8 Å². The van der Waals surface area contributed by atoms with E-state index in [2.05, 4.69) is 5.32 Å². The second kappa shape index (κ2) is 6.46. The minimum absolute atomic E-state index is 0.00436. The first-order valence-corrected chi connectivity index (χ1v) is 7.14. The summed E-state index contributed by atoms with van der Waals surface area (Å²) in [6.07, 6.45) is 1.72. The smallest absolute Gasteiger partial charge is 0.309 e. The lowest BCUT2D eigenvalue weighted by molar-refractivity contribution is -0.150. The third-order valence-electron chi connectivity index (χ3n) is 3.08. The Bertz CT molecular complexity index is 529. The summed E-state index contributed by atoms with van der Waals surface area (Å²) in [6, 6.07) is 4.92. The average molecular weight is 316 g/mol. The van der Waals surface area contributed by atoms with Gasteiger partial charge in [-0.25, -0.2) is 0 Å². The highest BCUT2D eigenvalue weighted by atomic mass is 35.5. The molecule has 1 aromatic carbocycles. The van der Waals surface area contributed by atoms with Gasteiger partial charge in [0.2, 0.25) is 0 Å². The van der Waals surface area contributed by atoms with E-state index in [4.69, 9.17) is 27.9 Å². The van der Waals surface area contributed by atoms with Gasteiger partial charge in [-0.3, -0.25) is 9.59 Å². The molecule has 1 N–H and O–H groups in total. The molecule has 1 unspecified atom stereocenters. The maximum absolute atomic E-state index is 11.7. The number of amides is 1. The highest BCUT2D eigenvalue weighted by molar-refractivity contribution is 6.42. The molecule has 0 aliphatic heterocycles. The Labute approximate surface area is 127 Å². The predicted molar refractivity (Wildman–Crippen MR) is 76.7 cm³/mol. The number of esters is 1. The Hall–Kier alpha value is -1.26. The summed E-state index contributed by atoms with van der Waals surface area (Å²) in [6.45, 7) is 1.57. The van der Waals surface area contributed by atoms with Gasteiger partial charge in [0, 0.05) is 0 Å². The maximum atomic E-state index is 11.7. The molecular weight excluding hydrogens is 301 g/mol. The Kier molecular flexibility index (Phi) is 4.89. The molecule has 108 valence electrons. The van der Waals surface area contributed by atoms with Gasteiger partial charge in [-0.1, -0.05) is 29.3 Å². The number of hydrogen-bond donors (Lipinski definition) is 1. The summed E-state index contributed by atoms with van der Waals surface area (Å²) in [4.78, 5) is 23.0. The van der Waals surface area contributed by atoms with E-state index < -0.39 is 0 Å². The molecular formula is C14H15Cl2NO3. The zero-order chi connectivity index (χ0) is 14.7. The third-order valence-corrected chi connectivity index (χ3v) is 3.82. The third kappa shape index (κ3) is 4.12. The van der Waals surface area contributed by atoms with Crippen LogP contribution < -0.4 is 5.32 Å². The zero-order valence-electron chi connectivity index (χ0n) is 11.0. The van der Waals surface area contributed by atoms with E-state index >= 15 is 0 Å². The first kappa shape index (κ1) is 15.1. The summed E-state index contributed by atoms with van der Waals surface area (Å²) >= 11 is 11.8. The molecule has 1 aromatic rings. The number of hydrogen-bond acceptors (Lipinski definition) is 3. The van der Waals surface area contributed by atoms with Crippen LogP contribution in [0.3, 0.4) is 0 Å². The van der Waals surface area contributed by atoms with Crippen molar-refractivity contribution in [1.29, 1.82) is 0 Å². The van der Waals surface area contributed by atoms with Crippen molar-refractivity contribution in [3.05, 3.63) is 33.8 Å². The van der Waals surface area contributed by atoms with Crippen molar-refractivity contribution in [2.75, 3.05) is 6.61 Å². The average Bonchev–Trinajstić information content (AvgIpc) is 3.23. The van der Waals surface area contributed by atoms with E-state index in [1.807, 2.05) is 6.92 Å². The molecule has 1 atom stereocenters. The largest absolute Gasteiger partial charge is 0.455 e. The second-order valence-electron chi connectivity index (χ2n) is 4.84. The van der Waals surface area contributed by atoms with Crippen LogP contribution in [0.1, 0.15) is 31.4 Å². The number of rotatable bonds is 5. The molecule has 1 aliphatic carbocycles. The molecule has 0 heterocycles. The highest BCUT2D eigenvalue weighted by Gasteiger charge is 2.31. The number of carbonyl (C=O) groups excluding carboxylic acids is 2. The van der Waals surface area contributed by atoms with E-state index in [-0.39, 0.29) is 30.4 Å². The van der Waals surface area contributed by atoms with Crippen LogP contribution in [0.25, 0.3) is 0 Å². The van der Waals surface area contributed by atoms with Crippen LogP contribution in [-0.4, -0.2) is 18.5 Å². The van der Waals surface area contributed by atoms with Crippen molar-refractivity contribution < 1.29 is 14.3 Å². The Balaban J connectivity index is 1.83. The molecule has 6 heteroatoms. The van der Waals surface area contributed by atoms with Crippen LogP contribution in [0.15, 0.2) is 18.2 Å². The molecule has 0 aromatic heterocycles. The summed E-state index contributed by atoms with van der Waals surface area (Å²) in [5.41, 5.74) is 0.835. The molecule has 0 bridgehead atoms. The van der Waals surface area contributed by atoms with Crippen LogP contribution in [0.4, 0.5) is 0 Å². The van der Waals surface area contributed by atoms with Crippen LogP contribution in [0.5, 0.6) is 0 Å². The van der Waals surface area contributed by atoms with Crippen LogP contribution in [0.2, 0.25) is 10.0 Å². The van der Waals surface area contributed by atoms with Crippen molar-refractivity contribution in [3.63, 3.8) is 0 Å². The highest BCUT2D eigenvalue weighted by Crippen LogP contribution is 2.30. The number of carbonyl (C=O) groups is 2. The summed E-state index contributed by atoms with van der Waals surface area (Å²) in [5, 5.41) is 3.64. The van der Waals surface area contributed by atoms with E-state index in [0.29, 0.717) is 10.0 Å². The van der Waals surface area contributed by atoms with E-state index in [0.717, 1.165) is 18.4 Å². The maximum Gasteiger partial charge on any atom is 0.309 e. The van der Waals surface area contributed by atoms with E-state index in [9.17, 15) is 9.59 Å². The molecule has 1 fully saturated rings. The fraction of sp³-hybridized carbons (Fsp3) is 0.429. The molecule has 1 saturated carbocycles.